The zero-order valence-electron chi connectivity index (χ0n) is 18.2. The highest BCUT2D eigenvalue weighted by molar-refractivity contribution is 6.25. The Balaban J connectivity index is 1.91. The molecule has 2 aromatic carbocycles. The zero-order valence-corrected chi connectivity index (χ0v) is 18.9. The molecule has 1 atom stereocenters. The van der Waals surface area contributed by atoms with Crippen molar-refractivity contribution in [3.63, 3.8) is 0 Å². The number of aromatic nitrogens is 1. The summed E-state index contributed by atoms with van der Waals surface area (Å²) in [7, 11) is 0. The van der Waals surface area contributed by atoms with Crippen LogP contribution in [0.4, 0.5) is 0 Å². The molecule has 0 aliphatic heterocycles. The van der Waals surface area contributed by atoms with Crippen molar-refractivity contribution < 1.29 is 9.47 Å². The van der Waals surface area contributed by atoms with Crippen LogP contribution in [0.3, 0.4) is 0 Å². The maximum absolute atomic E-state index is 6.38. The second-order valence-electron chi connectivity index (χ2n) is 8.27. The fourth-order valence-corrected chi connectivity index (χ4v) is 3.29. The second kappa shape index (κ2) is 10.9. The smallest absolute Gasteiger partial charge is 0.134 e. The largest absolute Gasteiger partial charge is 0.459 e. The molecule has 0 bridgehead atoms. The van der Waals surface area contributed by atoms with Crippen molar-refractivity contribution >= 4 is 17.7 Å². The average Bonchev–Trinajstić information content (AvgIpc) is 2.77. The van der Waals surface area contributed by atoms with Gasteiger partial charge in [0, 0.05) is 17.9 Å². The molecule has 1 unspecified atom stereocenters. The van der Waals surface area contributed by atoms with Crippen LogP contribution in [-0.2, 0) is 4.74 Å². The fourth-order valence-electron chi connectivity index (χ4n) is 3.21. The van der Waals surface area contributed by atoms with E-state index in [1.54, 1.807) is 18.5 Å². The topological polar surface area (TPSA) is 31.4 Å². The van der Waals surface area contributed by atoms with E-state index in [0.29, 0.717) is 6.61 Å². The molecule has 0 radical (unpaired) electrons. The first-order chi connectivity index (χ1) is 15.0. The number of halogens is 1. The van der Waals surface area contributed by atoms with Gasteiger partial charge in [-0.3, -0.25) is 4.98 Å². The number of rotatable bonds is 8. The zero-order chi connectivity index (χ0) is 22.1. The second-order valence-corrected chi connectivity index (χ2v) is 8.52. The molecular weight excluding hydrogens is 406 g/mol. The van der Waals surface area contributed by atoms with Crippen LogP contribution in [0.15, 0.2) is 96.5 Å². The molecule has 0 saturated heterocycles. The van der Waals surface area contributed by atoms with Crippen LogP contribution >= 0.6 is 11.6 Å². The molecule has 1 aromatic heterocycles. The van der Waals surface area contributed by atoms with E-state index < -0.39 is 0 Å². The number of ether oxygens (including phenoxy) is 2. The predicted molar refractivity (Wildman–Crippen MR) is 129 cm³/mol. The first-order valence-corrected chi connectivity index (χ1v) is 10.7. The minimum Gasteiger partial charge on any atom is -0.459 e. The Labute approximate surface area is 190 Å². The van der Waals surface area contributed by atoms with E-state index in [2.05, 4.69) is 50.0 Å². The molecule has 0 aliphatic carbocycles. The summed E-state index contributed by atoms with van der Waals surface area (Å²) in [6.45, 7) is 6.77. The van der Waals surface area contributed by atoms with Crippen LogP contribution in [0, 0.1) is 5.41 Å². The molecule has 160 valence electrons. The Kier molecular flexibility index (Phi) is 8.05. The normalized spacial score (nSPS) is 13.4. The van der Waals surface area contributed by atoms with Crippen LogP contribution < -0.4 is 4.74 Å². The first kappa shape index (κ1) is 22.8. The lowest BCUT2D eigenvalue weighted by Crippen LogP contribution is -2.33. The van der Waals surface area contributed by atoms with Crippen molar-refractivity contribution in [3.8, 4) is 16.9 Å². The van der Waals surface area contributed by atoms with Crippen LogP contribution in [0.25, 0.3) is 17.2 Å². The molecular formula is C27H28ClNO2. The lowest BCUT2D eigenvalue weighted by atomic mass is 9.87. The van der Waals surface area contributed by atoms with Crippen molar-refractivity contribution in [2.24, 2.45) is 5.41 Å². The van der Waals surface area contributed by atoms with Gasteiger partial charge in [0.25, 0.3) is 0 Å². The fraction of sp³-hybridized carbons (Fsp3) is 0.222. The highest BCUT2D eigenvalue weighted by Gasteiger charge is 2.31. The number of nitrogens with zero attached hydrogens (tertiary/aromatic N) is 1. The van der Waals surface area contributed by atoms with Crippen molar-refractivity contribution in [3.05, 3.63) is 102 Å². The summed E-state index contributed by atoms with van der Waals surface area (Å²) >= 11 is 5.69. The number of benzene rings is 2. The van der Waals surface area contributed by atoms with Crippen LogP contribution in [-0.4, -0.2) is 17.7 Å². The third-order valence-corrected chi connectivity index (χ3v) is 4.86. The van der Waals surface area contributed by atoms with E-state index in [-0.39, 0.29) is 11.5 Å². The van der Waals surface area contributed by atoms with E-state index in [1.807, 2.05) is 48.5 Å². The number of hydrogen-bond acceptors (Lipinski definition) is 3. The van der Waals surface area contributed by atoms with Gasteiger partial charge in [0.15, 0.2) is 0 Å². The highest BCUT2D eigenvalue weighted by atomic mass is 35.5. The minimum atomic E-state index is -0.283. The summed E-state index contributed by atoms with van der Waals surface area (Å²) in [4.78, 5) is 4.22. The molecule has 3 rings (SSSR count). The third-order valence-electron chi connectivity index (χ3n) is 4.68. The van der Waals surface area contributed by atoms with E-state index in [9.17, 15) is 0 Å². The standard InChI is InChI=1S/C27H28ClNO2/c1-27(2,3)26(30-18-8-16-28)25(19-21-9-7-17-29-20-21)31-24-14-12-23(13-15-24)22-10-5-4-6-11-22/h4-17,19-20,26H,18H2,1-3H3/b16-8+,25-19+. The van der Waals surface area contributed by atoms with E-state index >= 15 is 0 Å². The lowest BCUT2D eigenvalue weighted by Gasteiger charge is -2.32. The van der Waals surface area contributed by atoms with Gasteiger partial charge in [0.05, 0.1) is 6.61 Å². The van der Waals surface area contributed by atoms with Gasteiger partial charge in [-0.15, -0.1) is 0 Å². The Morgan fingerprint density at radius 1 is 0.968 bits per heavy atom. The first-order valence-electron chi connectivity index (χ1n) is 10.3. The van der Waals surface area contributed by atoms with Crippen molar-refractivity contribution in [1.82, 2.24) is 4.98 Å². The van der Waals surface area contributed by atoms with Crippen molar-refractivity contribution in [1.29, 1.82) is 0 Å². The summed E-state index contributed by atoms with van der Waals surface area (Å²) in [5, 5.41) is 0. The monoisotopic (exact) mass is 433 g/mol. The molecule has 0 amide bonds. The van der Waals surface area contributed by atoms with E-state index in [0.717, 1.165) is 22.6 Å². The average molecular weight is 434 g/mol. The lowest BCUT2D eigenvalue weighted by molar-refractivity contribution is 0.00170. The molecule has 0 N–H and O–H groups in total. The predicted octanol–water partition coefficient (Wildman–Crippen LogP) is 7.35. The van der Waals surface area contributed by atoms with Gasteiger partial charge in [-0.2, -0.15) is 0 Å². The van der Waals surface area contributed by atoms with Crippen molar-refractivity contribution in [2.75, 3.05) is 6.61 Å². The van der Waals surface area contributed by atoms with Crippen LogP contribution in [0.1, 0.15) is 26.3 Å². The molecule has 3 aromatic rings. The van der Waals surface area contributed by atoms with Gasteiger partial charge in [-0.25, -0.2) is 0 Å². The Morgan fingerprint density at radius 2 is 1.68 bits per heavy atom. The highest BCUT2D eigenvalue weighted by Crippen LogP contribution is 2.32. The van der Waals surface area contributed by atoms with Gasteiger partial charge >= 0.3 is 0 Å². The maximum Gasteiger partial charge on any atom is 0.134 e. The van der Waals surface area contributed by atoms with E-state index in [4.69, 9.17) is 21.1 Å². The van der Waals surface area contributed by atoms with Gasteiger partial charge in [-0.05, 0) is 52.5 Å². The van der Waals surface area contributed by atoms with Crippen LogP contribution in [0.5, 0.6) is 5.75 Å². The van der Waals surface area contributed by atoms with E-state index in [1.165, 1.54) is 11.1 Å². The summed E-state index contributed by atoms with van der Waals surface area (Å²) in [5.41, 5.74) is 4.53. The molecule has 3 nitrogen and oxygen atoms in total. The number of pyridine rings is 1. The molecule has 4 heteroatoms. The third kappa shape index (κ3) is 6.81. The summed E-state index contributed by atoms with van der Waals surface area (Å²) in [6.07, 6.45) is 7.03. The maximum atomic E-state index is 6.38. The minimum absolute atomic E-state index is 0.196. The molecule has 0 spiro atoms. The summed E-state index contributed by atoms with van der Waals surface area (Å²) in [6, 6.07) is 22.3. The van der Waals surface area contributed by atoms with Crippen LogP contribution in [0.2, 0.25) is 0 Å². The molecule has 0 fully saturated rings. The molecule has 31 heavy (non-hydrogen) atoms. The summed E-state index contributed by atoms with van der Waals surface area (Å²) in [5.74, 6) is 1.47. The van der Waals surface area contributed by atoms with Crippen molar-refractivity contribution in [2.45, 2.75) is 26.9 Å². The Morgan fingerprint density at radius 3 is 2.29 bits per heavy atom. The van der Waals surface area contributed by atoms with Gasteiger partial charge in [0.2, 0.25) is 0 Å². The Hall–Kier alpha value is -2.88. The molecule has 0 aliphatic rings. The quantitative estimate of drug-likeness (QED) is 0.348. The molecule has 0 saturated carbocycles. The Bertz CT molecular complexity index is 991. The van der Waals surface area contributed by atoms with Gasteiger partial charge < -0.3 is 9.47 Å². The number of hydrogen-bond donors (Lipinski definition) is 0. The van der Waals surface area contributed by atoms with Gasteiger partial charge in [0.1, 0.15) is 17.6 Å². The summed E-state index contributed by atoms with van der Waals surface area (Å²) < 4.78 is 12.5. The molecule has 1 heterocycles. The SMILES string of the molecule is CC(C)(C)C(OC/C=C/Cl)/C(=C\c1cccnc1)Oc1ccc(-c2ccccc2)cc1. The van der Waals surface area contributed by atoms with Gasteiger partial charge in [-0.1, -0.05) is 80.9 Å².